The molecule has 0 radical (unpaired) electrons. The predicted octanol–water partition coefficient (Wildman–Crippen LogP) is 3.79. The van der Waals surface area contributed by atoms with Crippen molar-refractivity contribution in [1.82, 2.24) is 4.98 Å². The molecule has 3 rings (SSSR count). The molecule has 0 saturated heterocycles. The minimum absolute atomic E-state index is 0.0136. The average molecular weight is 397 g/mol. The SMILES string of the molecule is O=C(OCc1nc2ccccc2s1)c1ccc(CS(=O)(=O)C(F)F)cc1. The highest BCUT2D eigenvalue weighted by molar-refractivity contribution is 7.90. The summed E-state index contributed by atoms with van der Waals surface area (Å²) in [5.41, 5.74) is 1.20. The van der Waals surface area contributed by atoms with Gasteiger partial charge in [-0.2, -0.15) is 8.78 Å². The molecule has 0 fully saturated rings. The van der Waals surface area contributed by atoms with Crippen LogP contribution in [0.3, 0.4) is 0 Å². The van der Waals surface area contributed by atoms with Crippen molar-refractivity contribution in [2.75, 3.05) is 0 Å². The lowest BCUT2D eigenvalue weighted by atomic mass is 10.1. The lowest BCUT2D eigenvalue weighted by Crippen LogP contribution is -2.13. The molecule has 0 atom stereocenters. The number of hydrogen-bond donors (Lipinski definition) is 0. The Morgan fingerprint density at radius 3 is 2.46 bits per heavy atom. The molecule has 26 heavy (non-hydrogen) atoms. The van der Waals surface area contributed by atoms with E-state index in [2.05, 4.69) is 4.98 Å². The van der Waals surface area contributed by atoms with Gasteiger partial charge in [0.15, 0.2) is 0 Å². The number of alkyl halides is 2. The van der Waals surface area contributed by atoms with Crippen LogP contribution in [0.5, 0.6) is 0 Å². The lowest BCUT2D eigenvalue weighted by Gasteiger charge is -2.05. The van der Waals surface area contributed by atoms with Gasteiger partial charge in [0, 0.05) is 0 Å². The fourth-order valence-electron chi connectivity index (χ4n) is 2.22. The molecule has 136 valence electrons. The molecule has 0 aliphatic rings. The monoisotopic (exact) mass is 397 g/mol. The van der Waals surface area contributed by atoms with E-state index in [1.165, 1.54) is 35.6 Å². The molecule has 0 N–H and O–H groups in total. The van der Waals surface area contributed by atoms with E-state index in [1.54, 1.807) is 0 Å². The highest BCUT2D eigenvalue weighted by atomic mass is 32.2. The Bertz CT molecular complexity index is 997. The van der Waals surface area contributed by atoms with Gasteiger partial charge in [-0.3, -0.25) is 0 Å². The van der Waals surface area contributed by atoms with Gasteiger partial charge in [0.25, 0.3) is 0 Å². The molecule has 9 heteroatoms. The van der Waals surface area contributed by atoms with E-state index in [-0.39, 0.29) is 17.7 Å². The Kier molecular flexibility index (Phi) is 5.28. The van der Waals surface area contributed by atoms with Gasteiger partial charge in [-0.15, -0.1) is 11.3 Å². The summed E-state index contributed by atoms with van der Waals surface area (Å²) in [6, 6.07) is 12.9. The number of benzene rings is 2. The van der Waals surface area contributed by atoms with Crippen LogP contribution in [-0.2, 0) is 26.9 Å². The van der Waals surface area contributed by atoms with Gasteiger partial charge in [0.05, 0.1) is 21.5 Å². The second kappa shape index (κ2) is 7.46. The van der Waals surface area contributed by atoms with Crippen LogP contribution in [0.4, 0.5) is 8.78 Å². The molecule has 0 amide bonds. The number of fused-ring (bicyclic) bond motifs is 1. The summed E-state index contributed by atoms with van der Waals surface area (Å²) in [4.78, 5) is 16.4. The van der Waals surface area contributed by atoms with E-state index in [0.29, 0.717) is 5.01 Å². The molecule has 3 aromatic rings. The van der Waals surface area contributed by atoms with Crippen molar-refractivity contribution in [3.8, 4) is 0 Å². The summed E-state index contributed by atoms with van der Waals surface area (Å²) < 4.78 is 53.3. The fourth-order valence-corrected chi connectivity index (χ4v) is 3.89. The summed E-state index contributed by atoms with van der Waals surface area (Å²) in [7, 11) is -4.50. The highest BCUT2D eigenvalue weighted by Crippen LogP contribution is 2.22. The molecule has 0 aliphatic heterocycles. The van der Waals surface area contributed by atoms with Crippen molar-refractivity contribution in [2.45, 2.75) is 18.1 Å². The van der Waals surface area contributed by atoms with Crippen LogP contribution < -0.4 is 0 Å². The Labute approximate surface area is 152 Å². The zero-order valence-electron chi connectivity index (χ0n) is 13.3. The third kappa shape index (κ3) is 4.23. The van der Waals surface area contributed by atoms with Gasteiger partial charge in [0.2, 0.25) is 9.84 Å². The number of carbonyl (C=O) groups is 1. The average Bonchev–Trinajstić information content (AvgIpc) is 3.03. The number of thiazole rings is 1. The topological polar surface area (TPSA) is 73.3 Å². The van der Waals surface area contributed by atoms with Crippen LogP contribution in [0.1, 0.15) is 20.9 Å². The molecular weight excluding hydrogens is 384 g/mol. The van der Waals surface area contributed by atoms with Crippen molar-refractivity contribution in [3.05, 3.63) is 64.7 Å². The number of halogens is 2. The summed E-state index contributed by atoms with van der Waals surface area (Å²) in [6.07, 6.45) is 0. The maximum atomic E-state index is 12.4. The molecule has 0 aliphatic carbocycles. The molecule has 0 bridgehead atoms. The third-order valence-corrected chi connectivity index (χ3v) is 5.78. The smallest absolute Gasteiger partial charge is 0.338 e. The standard InChI is InChI=1S/C17H13F2NO4S2/c18-17(19)26(22,23)10-11-5-7-12(8-6-11)16(21)24-9-15-20-13-3-1-2-4-14(13)25-15/h1-8,17H,9-10H2. The number of sulfone groups is 1. The second-order valence-electron chi connectivity index (χ2n) is 5.42. The molecule has 2 aromatic carbocycles. The first-order chi connectivity index (χ1) is 12.3. The van der Waals surface area contributed by atoms with Crippen LogP contribution >= 0.6 is 11.3 Å². The van der Waals surface area contributed by atoms with Crippen LogP contribution in [0.25, 0.3) is 10.2 Å². The van der Waals surface area contributed by atoms with Gasteiger partial charge in [-0.05, 0) is 29.8 Å². The Morgan fingerprint density at radius 1 is 1.12 bits per heavy atom. The van der Waals surface area contributed by atoms with Crippen LogP contribution in [-0.4, -0.2) is 25.1 Å². The number of carbonyl (C=O) groups excluding carboxylic acids is 1. The van der Waals surface area contributed by atoms with Crippen LogP contribution in [0, 0.1) is 0 Å². The first-order valence-electron chi connectivity index (χ1n) is 7.45. The molecule has 0 unspecified atom stereocenters. The van der Waals surface area contributed by atoms with Gasteiger partial charge in [-0.25, -0.2) is 18.2 Å². The fraction of sp³-hybridized carbons (Fsp3) is 0.176. The van der Waals surface area contributed by atoms with Crippen LogP contribution in [0.2, 0.25) is 0 Å². The largest absolute Gasteiger partial charge is 0.455 e. The zero-order valence-corrected chi connectivity index (χ0v) is 14.9. The number of aromatic nitrogens is 1. The molecule has 0 saturated carbocycles. The normalized spacial score (nSPS) is 11.8. The minimum atomic E-state index is -4.50. The highest BCUT2D eigenvalue weighted by Gasteiger charge is 2.24. The summed E-state index contributed by atoms with van der Waals surface area (Å²) >= 11 is 1.42. The molecular formula is C17H13F2NO4S2. The van der Waals surface area contributed by atoms with E-state index < -0.39 is 27.3 Å². The van der Waals surface area contributed by atoms with E-state index in [0.717, 1.165) is 10.2 Å². The quantitative estimate of drug-likeness (QED) is 0.592. The van der Waals surface area contributed by atoms with Crippen LogP contribution in [0.15, 0.2) is 48.5 Å². The molecule has 1 heterocycles. The molecule has 0 spiro atoms. The van der Waals surface area contributed by atoms with E-state index >= 15 is 0 Å². The molecule has 5 nitrogen and oxygen atoms in total. The van der Waals surface area contributed by atoms with Gasteiger partial charge >= 0.3 is 11.7 Å². The molecule has 1 aromatic heterocycles. The van der Waals surface area contributed by atoms with Crippen molar-refractivity contribution in [2.24, 2.45) is 0 Å². The number of rotatable bonds is 6. The number of hydrogen-bond acceptors (Lipinski definition) is 6. The summed E-state index contributed by atoms with van der Waals surface area (Å²) in [5, 5.41) is 0.652. The van der Waals surface area contributed by atoms with Crippen molar-refractivity contribution < 1.29 is 26.7 Å². The van der Waals surface area contributed by atoms with Crippen molar-refractivity contribution in [1.29, 1.82) is 0 Å². The number of para-hydroxylation sites is 1. The maximum Gasteiger partial charge on any atom is 0.338 e. The Morgan fingerprint density at radius 2 is 1.81 bits per heavy atom. The Balaban J connectivity index is 1.63. The number of esters is 1. The third-order valence-electron chi connectivity index (χ3n) is 3.49. The predicted molar refractivity (Wildman–Crippen MR) is 93.8 cm³/mol. The first kappa shape index (κ1) is 18.4. The zero-order chi connectivity index (χ0) is 18.7. The minimum Gasteiger partial charge on any atom is -0.455 e. The summed E-state index contributed by atoms with van der Waals surface area (Å²) in [6.45, 7) is 0.0136. The Hall–Kier alpha value is -2.39. The number of ether oxygens (including phenoxy) is 1. The van der Waals surface area contributed by atoms with E-state index in [1.807, 2.05) is 24.3 Å². The summed E-state index contributed by atoms with van der Waals surface area (Å²) in [5.74, 6) is -4.82. The van der Waals surface area contributed by atoms with Crippen molar-refractivity contribution >= 4 is 37.4 Å². The number of nitrogens with zero attached hydrogens (tertiary/aromatic N) is 1. The second-order valence-corrected chi connectivity index (χ2v) is 8.50. The van der Waals surface area contributed by atoms with Gasteiger partial charge in [-0.1, -0.05) is 24.3 Å². The van der Waals surface area contributed by atoms with Crippen molar-refractivity contribution in [3.63, 3.8) is 0 Å². The first-order valence-corrected chi connectivity index (χ1v) is 9.98. The van der Waals surface area contributed by atoms with Gasteiger partial charge in [0.1, 0.15) is 11.6 Å². The van der Waals surface area contributed by atoms with Gasteiger partial charge < -0.3 is 4.74 Å². The lowest BCUT2D eigenvalue weighted by molar-refractivity contribution is 0.0472. The maximum absolute atomic E-state index is 12.4. The van der Waals surface area contributed by atoms with E-state index in [4.69, 9.17) is 4.74 Å². The van der Waals surface area contributed by atoms with E-state index in [9.17, 15) is 22.0 Å².